The van der Waals surface area contributed by atoms with E-state index in [4.69, 9.17) is 0 Å². The lowest BCUT2D eigenvalue weighted by Gasteiger charge is -2.10. The molecule has 16 heavy (non-hydrogen) atoms. The van der Waals surface area contributed by atoms with Gasteiger partial charge in [-0.15, -0.1) is 0 Å². The van der Waals surface area contributed by atoms with Gasteiger partial charge in [-0.25, -0.2) is 4.98 Å². The Hall–Kier alpha value is -2.18. The predicted octanol–water partition coefficient (Wildman–Crippen LogP) is 0.0292. The van der Waals surface area contributed by atoms with Gasteiger partial charge in [0.05, 0.1) is 6.04 Å². The van der Waals surface area contributed by atoms with E-state index in [1.165, 1.54) is 11.0 Å². The summed E-state index contributed by atoms with van der Waals surface area (Å²) in [5.74, 6) is 0.430. The highest BCUT2D eigenvalue weighted by Crippen LogP contribution is 2.06. The van der Waals surface area contributed by atoms with Crippen molar-refractivity contribution in [2.24, 2.45) is 7.05 Å². The third-order valence-electron chi connectivity index (χ3n) is 2.24. The van der Waals surface area contributed by atoms with Gasteiger partial charge in [-0.1, -0.05) is 0 Å². The van der Waals surface area contributed by atoms with Gasteiger partial charge in [0.2, 0.25) is 0 Å². The van der Waals surface area contributed by atoms with Gasteiger partial charge in [-0.05, 0) is 13.0 Å². The van der Waals surface area contributed by atoms with Gasteiger partial charge in [0.1, 0.15) is 17.8 Å². The topological polar surface area (TPSA) is 88.5 Å². The molecule has 0 radical (unpaired) electrons. The molecule has 2 aromatic rings. The number of carbonyl (C=O) groups is 1. The quantitative estimate of drug-likeness (QED) is 0.763. The fourth-order valence-corrected chi connectivity index (χ4v) is 1.36. The van der Waals surface area contributed by atoms with Crippen molar-refractivity contribution in [3.63, 3.8) is 0 Å². The molecule has 0 bridgehead atoms. The second-order valence-electron chi connectivity index (χ2n) is 3.41. The van der Waals surface area contributed by atoms with E-state index in [0.717, 1.165) is 0 Å². The van der Waals surface area contributed by atoms with Crippen molar-refractivity contribution in [1.29, 1.82) is 0 Å². The van der Waals surface area contributed by atoms with Crippen LogP contribution < -0.4 is 5.32 Å². The SMILES string of the molecule is CC(NC(=O)c1ccnn1C)c1ncn[nH]1. The Kier molecular flexibility index (Phi) is 2.67. The first-order chi connectivity index (χ1) is 7.68. The minimum absolute atomic E-state index is 0.191. The highest BCUT2D eigenvalue weighted by Gasteiger charge is 2.15. The molecule has 0 spiro atoms. The van der Waals surface area contributed by atoms with Crippen molar-refractivity contribution in [3.8, 4) is 0 Å². The molecule has 0 aromatic carbocycles. The number of aromatic amines is 1. The first-order valence-corrected chi connectivity index (χ1v) is 4.82. The van der Waals surface area contributed by atoms with Crippen LogP contribution in [0, 0.1) is 0 Å². The number of hydrogen-bond donors (Lipinski definition) is 2. The van der Waals surface area contributed by atoms with E-state index < -0.39 is 0 Å². The molecule has 1 amide bonds. The van der Waals surface area contributed by atoms with Crippen LogP contribution in [-0.2, 0) is 7.05 Å². The summed E-state index contributed by atoms with van der Waals surface area (Å²) in [6.45, 7) is 1.83. The molecule has 0 saturated heterocycles. The molecule has 1 atom stereocenters. The Morgan fingerprint density at radius 1 is 1.62 bits per heavy atom. The van der Waals surface area contributed by atoms with E-state index in [2.05, 4.69) is 25.6 Å². The number of nitrogens with zero attached hydrogens (tertiary/aromatic N) is 4. The second-order valence-corrected chi connectivity index (χ2v) is 3.41. The fraction of sp³-hybridized carbons (Fsp3) is 0.333. The van der Waals surface area contributed by atoms with Gasteiger partial charge in [-0.2, -0.15) is 10.2 Å². The smallest absolute Gasteiger partial charge is 0.270 e. The number of H-pyrrole nitrogens is 1. The van der Waals surface area contributed by atoms with Crippen LogP contribution in [0.5, 0.6) is 0 Å². The average Bonchev–Trinajstić information content (AvgIpc) is 2.86. The molecule has 2 heterocycles. The van der Waals surface area contributed by atoms with Crippen LogP contribution in [0.4, 0.5) is 0 Å². The third-order valence-corrected chi connectivity index (χ3v) is 2.24. The third kappa shape index (κ3) is 1.92. The minimum Gasteiger partial charge on any atom is -0.341 e. The molecule has 0 aliphatic carbocycles. The Morgan fingerprint density at radius 3 is 3.00 bits per heavy atom. The maximum Gasteiger partial charge on any atom is 0.270 e. The summed E-state index contributed by atoms with van der Waals surface area (Å²) in [5, 5.41) is 13.1. The molecule has 2 N–H and O–H groups in total. The van der Waals surface area contributed by atoms with Gasteiger partial charge in [-0.3, -0.25) is 14.6 Å². The van der Waals surface area contributed by atoms with Crippen molar-refractivity contribution < 1.29 is 4.79 Å². The van der Waals surface area contributed by atoms with Crippen molar-refractivity contribution in [1.82, 2.24) is 30.3 Å². The van der Waals surface area contributed by atoms with E-state index in [9.17, 15) is 4.79 Å². The molecule has 2 aromatic heterocycles. The van der Waals surface area contributed by atoms with E-state index in [0.29, 0.717) is 11.5 Å². The highest BCUT2D eigenvalue weighted by molar-refractivity contribution is 5.92. The molecule has 0 saturated carbocycles. The van der Waals surface area contributed by atoms with Crippen LogP contribution in [0.15, 0.2) is 18.6 Å². The largest absolute Gasteiger partial charge is 0.341 e. The van der Waals surface area contributed by atoms with E-state index in [-0.39, 0.29) is 11.9 Å². The highest BCUT2D eigenvalue weighted by atomic mass is 16.2. The predicted molar refractivity (Wildman–Crippen MR) is 55.5 cm³/mol. The monoisotopic (exact) mass is 220 g/mol. The van der Waals surface area contributed by atoms with Gasteiger partial charge < -0.3 is 5.32 Å². The molecule has 7 heteroatoms. The van der Waals surface area contributed by atoms with Gasteiger partial charge in [0, 0.05) is 13.2 Å². The molecule has 0 fully saturated rings. The fourth-order valence-electron chi connectivity index (χ4n) is 1.36. The second kappa shape index (κ2) is 4.13. The van der Waals surface area contributed by atoms with E-state index in [1.54, 1.807) is 19.3 Å². The van der Waals surface area contributed by atoms with Crippen LogP contribution in [0.3, 0.4) is 0 Å². The Bertz CT molecular complexity index is 474. The summed E-state index contributed by atoms with van der Waals surface area (Å²) in [4.78, 5) is 15.8. The normalized spacial score (nSPS) is 12.4. The zero-order chi connectivity index (χ0) is 11.5. The molecule has 2 rings (SSSR count). The summed E-state index contributed by atoms with van der Waals surface area (Å²) in [7, 11) is 1.72. The van der Waals surface area contributed by atoms with E-state index in [1.807, 2.05) is 6.92 Å². The van der Waals surface area contributed by atoms with Crippen molar-refractivity contribution in [2.45, 2.75) is 13.0 Å². The zero-order valence-corrected chi connectivity index (χ0v) is 9.01. The maximum absolute atomic E-state index is 11.8. The Balaban J connectivity index is 2.06. The summed E-state index contributed by atoms with van der Waals surface area (Å²) in [5.41, 5.74) is 0.506. The van der Waals surface area contributed by atoms with Crippen molar-refractivity contribution in [3.05, 3.63) is 30.1 Å². The van der Waals surface area contributed by atoms with Crippen LogP contribution >= 0.6 is 0 Å². The molecule has 0 aliphatic heterocycles. The van der Waals surface area contributed by atoms with Crippen molar-refractivity contribution >= 4 is 5.91 Å². The number of aromatic nitrogens is 5. The van der Waals surface area contributed by atoms with Crippen LogP contribution in [-0.4, -0.2) is 30.9 Å². The first-order valence-electron chi connectivity index (χ1n) is 4.82. The van der Waals surface area contributed by atoms with E-state index >= 15 is 0 Å². The summed E-state index contributed by atoms with van der Waals surface area (Å²) in [6.07, 6.45) is 2.98. The van der Waals surface area contributed by atoms with Gasteiger partial charge in [0.15, 0.2) is 0 Å². The zero-order valence-electron chi connectivity index (χ0n) is 9.01. The average molecular weight is 220 g/mol. The van der Waals surface area contributed by atoms with Gasteiger partial charge >= 0.3 is 0 Å². The summed E-state index contributed by atoms with van der Waals surface area (Å²) < 4.78 is 1.52. The number of rotatable bonds is 3. The van der Waals surface area contributed by atoms with Crippen molar-refractivity contribution in [2.75, 3.05) is 0 Å². The first kappa shape index (κ1) is 10.3. The minimum atomic E-state index is -0.218. The number of amides is 1. The van der Waals surface area contributed by atoms with Gasteiger partial charge in [0.25, 0.3) is 5.91 Å². The Labute approximate surface area is 91.9 Å². The van der Waals surface area contributed by atoms with Crippen LogP contribution in [0.25, 0.3) is 0 Å². The lowest BCUT2D eigenvalue weighted by atomic mass is 10.3. The molecule has 0 aliphatic rings. The molecular weight excluding hydrogens is 208 g/mol. The maximum atomic E-state index is 11.8. The number of carbonyl (C=O) groups excluding carboxylic acids is 1. The molecule has 84 valence electrons. The lowest BCUT2D eigenvalue weighted by Crippen LogP contribution is -2.29. The molecule has 7 nitrogen and oxygen atoms in total. The summed E-state index contributed by atoms with van der Waals surface area (Å²) >= 11 is 0. The number of aryl methyl sites for hydroxylation is 1. The Morgan fingerprint density at radius 2 is 2.44 bits per heavy atom. The molecule has 1 unspecified atom stereocenters. The van der Waals surface area contributed by atoms with Crippen LogP contribution in [0.1, 0.15) is 29.3 Å². The lowest BCUT2D eigenvalue weighted by molar-refractivity contribution is 0.0929. The van der Waals surface area contributed by atoms with Crippen LogP contribution in [0.2, 0.25) is 0 Å². The summed E-state index contributed by atoms with van der Waals surface area (Å²) in [6, 6.07) is 1.44. The number of nitrogens with one attached hydrogen (secondary N) is 2. The number of hydrogen-bond acceptors (Lipinski definition) is 4. The molecular formula is C9H12N6O. The standard InChI is InChI=1S/C9H12N6O/c1-6(8-10-5-11-14-8)13-9(16)7-3-4-12-15(7)2/h3-6H,1-2H3,(H,13,16)(H,10,11,14).